The summed E-state index contributed by atoms with van der Waals surface area (Å²) < 4.78 is 11.6. The largest absolute Gasteiger partial charge is 0.489 e. The van der Waals surface area contributed by atoms with Gasteiger partial charge in [-0.05, 0) is 41.8 Å². The molecule has 0 fully saturated rings. The van der Waals surface area contributed by atoms with Gasteiger partial charge in [0.25, 0.3) is 0 Å². The van der Waals surface area contributed by atoms with E-state index in [0.29, 0.717) is 19.1 Å². The van der Waals surface area contributed by atoms with Crippen molar-refractivity contribution in [3.05, 3.63) is 42.0 Å². The number of fused-ring (bicyclic) bond motifs is 1. The second-order valence-electron chi connectivity index (χ2n) is 5.46. The topological polar surface area (TPSA) is 44.5 Å². The molecule has 2 aromatic rings. The molecule has 3 heteroatoms. The van der Waals surface area contributed by atoms with Crippen LogP contribution in [0.3, 0.4) is 0 Å². The zero-order valence-electron chi connectivity index (χ0n) is 11.8. The molecule has 1 unspecified atom stereocenters. The van der Waals surface area contributed by atoms with E-state index in [2.05, 4.69) is 13.0 Å². The number of nitrogen functional groups attached to an aromatic ring is 1. The van der Waals surface area contributed by atoms with E-state index >= 15 is 0 Å². The molecule has 0 spiro atoms. The Morgan fingerprint density at radius 3 is 2.35 bits per heavy atom. The number of hydrogen-bond donors (Lipinski definition) is 1. The maximum absolute atomic E-state index is 5.98. The molecule has 20 heavy (non-hydrogen) atoms. The van der Waals surface area contributed by atoms with Crippen molar-refractivity contribution in [2.75, 3.05) is 18.9 Å². The molecule has 1 heterocycles. The lowest BCUT2D eigenvalue weighted by Crippen LogP contribution is -2.12. The van der Waals surface area contributed by atoms with Crippen LogP contribution in [-0.2, 0) is 0 Å². The molecule has 2 N–H and O–H groups in total. The minimum absolute atomic E-state index is 0.404. The fraction of sp³-hybridized carbons (Fsp3) is 0.294. The van der Waals surface area contributed by atoms with Gasteiger partial charge in [0.1, 0.15) is 0 Å². The van der Waals surface area contributed by atoms with Crippen LogP contribution in [-0.4, -0.2) is 13.2 Å². The highest BCUT2D eigenvalue weighted by molar-refractivity contribution is 5.71. The zero-order chi connectivity index (χ0) is 14.1. The van der Waals surface area contributed by atoms with Gasteiger partial charge in [-0.3, -0.25) is 0 Å². The second-order valence-corrected chi connectivity index (χ2v) is 5.46. The molecule has 2 aromatic carbocycles. The van der Waals surface area contributed by atoms with Crippen molar-refractivity contribution in [3.8, 4) is 22.6 Å². The third-order valence-corrected chi connectivity index (χ3v) is 3.60. The van der Waals surface area contributed by atoms with Gasteiger partial charge < -0.3 is 15.2 Å². The number of ether oxygens (including phenoxy) is 2. The molecular formula is C17H19NO2. The fourth-order valence-corrected chi connectivity index (χ4v) is 2.25. The van der Waals surface area contributed by atoms with Crippen LogP contribution >= 0.6 is 0 Å². The smallest absolute Gasteiger partial charge is 0.161 e. The van der Waals surface area contributed by atoms with Crippen LogP contribution < -0.4 is 15.2 Å². The number of hydrogen-bond acceptors (Lipinski definition) is 3. The molecule has 0 amide bonds. The predicted octanol–water partition coefficient (Wildman–Crippen LogP) is 3.65. The zero-order valence-corrected chi connectivity index (χ0v) is 11.8. The monoisotopic (exact) mass is 269 g/mol. The van der Waals surface area contributed by atoms with Crippen LogP contribution in [0.5, 0.6) is 11.5 Å². The summed E-state index contributed by atoms with van der Waals surface area (Å²) in [6.07, 6.45) is 0. The van der Waals surface area contributed by atoms with E-state index in [0.717, 1.165) is 33.9 Å². The van der Waals surface area contributed by atoms with Crippen molar-refractivity contribution < 1.29 is 9.47 Å². The first-order valence-corrected chi connectivity index (χ1v) is 6.89. The number of anilines is 1. The molecule has 0 aromatic heterocycles. The van der Waals surface area contributed by atoms with Crippen LogP contribution in [0.2, 0.25) is 0 Å². The summed E-state index contributed by atoms with van der Waals surface area (Å²) in [5, 5.41) is 0. The molecule has 0 radical (unpaired) electrons. The number of aryl methyl sites for hydroxylation is 1. The molecule has 0 saturated heterocycles. The number of rotatable bonds is 1. The molecule has 0 saturated carbocycles. The summed E-state index contributed by atoms with van der Waals surface area (Å²) in [5.41, 5.74) is 10.1. The van der Waals surface area contributed by atoms with E-state index in [4.69, 9.17) is 15.2 Å². The maximum Gasteiger partial charge on any atom is 0.161 e. The standard InChI is InChI=1S/C17H19NO2/c1-11-9-19-16-6-5-14(8-17(16)20-10-11)13-4-3-12(2)15(18)7-13/h3-8,11H,9-10,18H2,1-2H3. The lowest BCUT2D eigenvalue weighted by molar-refractivity contribution is 0.228. The van der Waals surface area contributed by atoms with Crippen molar-refractivity contribution in [1.29, 1.82) is 0 Å². The van der Waals surface area contributed by atoms with E-state index in [-0.39, 0.29) is 0 Å². The first-order chi connectivity index (χ1) is 9.63. The average Bonchev–Trinajstić information content (AvgIpc) is 2.64. The van der Waals surface area contributed by atoms with Gasteiger partial charge in [-0.25, -0.2) is 0 Å². The normalized spacial score (nSPS) is 17.6. The van der Waals surface area contributed by atoms with Crippen molar-refractivity contribution in [2.45, 2.75) is 13.8 Å². The number of benzene rings is 2. The van der Waals surface area contributed by atoms with Crippen LogP contribution in [0.15, 0.2) is 36.4 Å². The Morgan fingerprint density at radius 1 is 0.950 bits per heavy atom. The SMILES string of the molecule is Cc1ccc(-c2ccc3c(c2)OCC(C)CO3)cc1N. The summed E-state index contributed by atoms with van der Waals surface area (Å²) in [4.78, 5) is 0. The first kappa shape index (κ1) is 12.9. The highest BCUT2D eigenvalue weighted by Gasteiger charge is 2.15. The van der Waals surface area contributed by atoms with E-state index < -0.39 is 0 Å². The summed E-state index contributed by atoms with van der Waals surface area (Å²) in [7, 11) is 0. The molecule has 0 aliphatic carbocycles. The van der Waals surface area contributed by atoms with Gasteiger partial charge in [0.15, 0.2) is 11.5 Å². The Labute approximate surface area is 119 Å². The Bertz CT molecular complexity index is 637. The van der Waals surface area contributed by atoms with Crippen molar-refractivity contribution >= 4 is 5.69 Å². The average molecular weight is 269 g/mol. The van der Waals surface area contributed by atoms with Gasteiger partial charge in [0.05, 0.1) is 13.2 Å². The van der Waals surface area contributed by atoms with Crippen LogP contribution in [0.25, 0.3) is 11.1 Å². The highest BCUT2D eigenvalue weighted by atomic mass is 16.5. The van der Waals surface area contributed by atoms with Gasteiger partial charge in [-0.15, -0.1) is 0 Å². The summed E-state index contributed by atoms with van der Waals surface area (Å²) in [6.45, 7) is 5.51. The highest BCUT2D eigenvalue weighted by Crippen LogP contribution is 2.35. The van der Waals surface area contributed by atoms with E-state index in [1.165, 1.54) is 0 Å². The Morgan fingerprint density at radius 2 is 1.60 bits per heavy atom. The summed E-state index contributed by atoms with van der Waals surface area (Å²) in [6, 6.07) is 12.2. The lowest BCUT2D eigenvalue weighted by Gasteiger charge is -2.10. The van der Waals surface area contributed by atoms with Crippen LogP contribution in [0.1, 0.15) is 12.5 Å². The summed E-state index contributed by atoms with van der Waals surface area (Å²) >= 11 is 0. The van der Waals surface area contributed by atoms with E-state index in [9.17, 15) is 0 Å². The minimum Gasteiger partial charge on any atom is -0.489 e. The quantitative estimate of drug-likeness (QED) is 0.804. The van der Waals surface area contributed by atoms with Gasteiger partial charge in [-0.2, -0.15) is 0 Å². The Kier molecular flexibility index (Phi) is 3.26. The fourth-order valence-electron chi connectivity index (χ4n) is 2.25. The van der Waals surface area contributed by atoms with Gasteiger partial charge in [0.2, 0.25) is 0 Å². The van der Waals surface area contributed by atoms with E-state index in [1.54, 1.807) is 0 Å². The Hall–Kier alpha value is -2.16. The maximum atomic E-state index is 5.98. The minimum atomic E-state index is 0.404. The van der Waals surface area contributed by atoms with Gasteiger partial charge in [-0.1, -0.05) is 25.1 Å². The van der Waals surface area contributed by atoms with Crippen LogP contribution in [0.4, 0.5) is 5.69 Å². The predicted molar refractivity (Wildman–Crippen MR) is 81.2 cm³/mol. The molecule has 1 aliphatic rings. The molecule has 1 aliphatic heterocycles. The van der Waals surface area contributed by atoms with E-state index in [1.807, 2.05) is 37.3 Å². The number of nitrogens with two attached hydrogens (primary N) is 1. The molecule has 3 nitrogen and oxygen atoms in total. The van der Waals surface area contributed by atoms with Crippen molar-refractivity contribution in [1.82, 2.24) is 0 Å². The summed E-state index contributed by atoms with van der Waals surface area (Å²) in [5.74, 6) is 2.03. The van der Waals surface area contributed by atoms with Crippen LogP contribution in [0, 0.1) is 12.8 Å². The van der Waals surface area contributed by atoms with Gasteiger partial charge >= 0.3 is 0 Å². The third-order valence-electron chi connectivity index (χ3n) is 3.60. The second kappa shape index (κ2) is 5.08. The molecule has 0 bridgehead atoms. The first-order valence-electron chi connectivity index (χ1n) is 6.89. The lowest BCUT2D eigenvalue weighted by atomic mass is 10.0. The Balaban J connectivity index is 1.97. The van der Waals surface area contributed by atoms with Crippen molar-refractivity contribution in [3.63, 3.8) is 0 Å². The third kappa shape index (κ3) is 2.44. The molecule has 104 valence electrons. The molecule has 1 atom stereocenters. The molecular weight excluding hydrogens is 250 g/mol. The molecule has 3 rings (SSSR count). The van der Waals surface area contributed by atoms with Gasteiger partial charge in [0, 0.05) is 11.6 Å². The van der Waals surface area contributed by atoms with Crippen molar-refractivity contribution in [2.24, 2.45) is 5.92 Å².